The zero-order valence-corrected chi connectivity index (χ0v) is 22.8. The number of benzene rings is 2. The molecule has 0 aliphatic carbocycles. The van der Waals surface area contributed by atoms with Crippen LogP contribution >= 0.6 is 11.3 Å². The van der Waals surface area contributed by atoms with Gasteiger partial charge in [0.05, 0.1) is 11.8 Å². The lowest BCUT2D eigenvalue weighted by molar-refractivity contribution is -0.132. The Hall–Kier alpha value is -3.50. The predicted octanol–water partition coefficient (Wildman–Crippen LogP) is 8.02. The third-order valence-electron chi connectivity index (χ3n) is 6.05. The van der Waals surface area contributed by atoms with Crippen LogP contribution in [0, 0.1) is 17.5 Å². The number of anilines is 1. The van der Waals surface area contributed by atoms with Crippen molar-refractivity contribution in [3.63, 3.8) is 0 Å². The topological polar surface area (TPSA) is 88.5 Å². The molecule has 2 N–H and O–H groups in total. The van der Waals surface area contributed by atoms with Crippen molar-refractivity contribution in [1.82, 2.24) is 4.98 Å². The van der Waals surface area contributed by atoms with E-state index in [1.54, 1.807) is 23.6 Å². The van der Waals surface area contributed by atoms with E-state index in [-0.39, 0.29) is 27.9 Å². The third-order valence-corrected chi connectivity index (χ3v) is 6.81. The number of carboxylic acids is 1. The van der Waals surface area contributed by atoms with Gasteiger partial charge in [-0.1, -0.05) is 45.2 Å². The van der Waals surface area contributed by atoms with Gasteiger partial charge in [0.1, 0.15) is 17.5 Å². The van der Waals surface area contributed by atoms with Crippen LogP contribution in [0.5, 0.6) is 0 Å². The summed E-state index contributed by atoms with van der Waals surface area (Å²) in [5.74, 6) is -4.76. The van der Waals surface area contributed by atoms with Gasteiger partial charge in [-0.15, -0.1) is 11.3 Å². The highest BCUT2D eigenvalue weighted by Crippen LogP contribution is 2.34. The highest BCUT2D eigenvalue weighted by atomic mass is 32.1. The second-order valence-electron chi connectivity index (χ2n) is 9.04. The molecule has 1 atom stereocenters. The minimum atomic E-state index is -1.32. The Morgan fingerprint density at radius 2 is 1.82 bits per heavy atom. The Bertz CT molecular complexity index is 1330. The summed E-state index contributed by atoms with van der Waals surface area (Å²) in [4.78, 5) is 27.9. The van der Waals surface area contributed by atoms with Crippen molar-refractivity contribution in [2.24, 2.45) is 0 Å². The second kappa shape index (κ2) is 14.0. The molecule has 39 heavy (non-hydrogen) atoms. The fourth-order valence-electron chi connectivity index (χ4n) is 3.84. The number of ether oxygens (including phenoxy) is 1. The number of nitrogens with one attached hydrogen (secondary N) is 1. The quantitative estimate of drug-likeness (QED) is 0.163. The molecule has 0 radical (unpaired) electrons. The van der Waals surface area contributed by atoms with Gasteiger partial charge in [-0.25, -0.2) is 22.9 Å². The van der Waals surface area contributed by atoms with E-state index in [4.69, 9.17) is 9.84 Å². The number of unbranched alkanes of at least 4 members (excludes halogenated alkanes) is 2. The average molecular weight is 561 g/mol. The molecule has 0 saturated heterocycles. The van der Waals surface area contributed by atoms with Crippen LogP contribution in [0.1, 0.15) is 80.5 Å². The molecule has 1 heterocycles. The highest BCUT2D eigenvalue weighted by molar-refractivity contribution is 7.14. The van der Waals surface area contributed by atoms with Gasteiger partial charge >= 0.3 is 5.97 Å². The van der Waals surface area contributed by atoms with Crippen LogP contribution in [0.2, 0.25) is 0 Å². The summed E-state index contributed by atoms with van der Waals surface area (Å²) in [7, 11) is 0. The molecule has 3 rings (SSSR count). The number of carbonyl (C=O) groups is 2. The molecule has 0 bridgehead atoms. The number of carbonyl (C=O) groups excluding carboxylic acids is 1. The van der Waals surface area contributed by atoms with E-state index in [0.717, 1.165) is 55.2 Å². The van der Waals surface area contributed by atoms with Crippen LogP contribution in [-0.2, 0) is 9.53 Å². The number of hydrogen-bond donors (Lipinski definition) is 2. The maximum absolute atomic E-state index is 15.6. The van der Waals surface area contributed by atoms with Crippen LogP contribution < -0.4 is 5.32 Å². The molecule has 1 amide bonds. The number of halogens is 3. The van der Waals surface area contributed by atoms with Crippen LogP contribution in [-0.4, -0.2) is 28.6 Å². The predicted molar refractivity (Wildman–Crippen MR) is 146 cm³/mol. The molecule has 0 fully saturated rings. The van der Waals surface area contributed by atoms with Crippen molar-refractivity contribution in [2.75, 3.05) is 11.9 Å². The Kier molecular flexibility index (Phi) is 10.8. The zero-order chi connectivity index (χ0) is 28.5. The first-order chi connectivity index (χ1) is 18.7. The summed E-state index contributed by atoms with van der Waals surface area (Å²) in [6.45, 7) is 5.87. The summed E-state index contributed by atoms with van der Waals surface area (Å²) in [5, 5.41) is 13.1. The molecule has 0 aliphatic rings. The lowest BCUT2D eigenvalue weighted by Gasteiger charge is -2.20. The van der Waals surface area contributed by atoms with Gasteiger partial charge in [0.25, 0.3) is 5.91 Å². The maximum atomic E-state index is 15.6. The fourth-order valence-corrected chi connectivity index (χ4v) is 4.55. The lowest BCUT2D eigenvalue weighted by atomic mass is 9.99. The van der Waals surface area contributed by atoms with E-state index >= 15 is 4.39 Å². The second-order valence-corrected chi connectivity index (χ2v) is 9.90. The largest absolute Gasteiger partial charge is 0.478 e. The summed E-state index contributed by atoms with van der Waals surface area (Å²) in [5.41, 5.74) is -0.127. The smallest absolute Gasteiger partial charge is 0.331 e. The maximum Gasteiger partial charge on any atom is 0.331 e. The van der Waals surface area contributed by atoms with Gasteiger partial charge in [0, 0.05) is 39.8 Å². The number of amides is 1. The van der Waals surface area contributed by atoms with Crippen molar-refractivity contribution in [3.8, 4) is 11.3 Å². The van der Waals surface area contributed by atoms with E-state index in [2.05, 4.69) is 24.1 Å². The number of thiazole rings is 1. The van der Waals surface area contributed by atoms with Crippen LogP contribution in [0.15, 0.2) is 41.3 Å². The lowest BCUT2D eigenvalue weighted by Crippen LogP contribution is -2.13. The molecule has 10 heteroatoms. The van der Waals surface area contributed by atoms with Gasteiger partial charge in [0.15, 0.2) is 5.13 Å². The fraction of sp³-hybridized carbons (Fsp3) is 0.345. The van der Waals surface area contributed by atoms with Crippen molar-refractivity contribution in [2.45, 2.75) is 59.0 Å². The number of aliphatic carboxylic acids is 1. The number of nitrogens with zero attached hydrogens (tertiary/aromatic N) is 1. The summed E-state index contributed by atoms with van der Waals surface area (Å²) in [6.07, 6.45) is 4.87. The standard InChI is InChI=1S/C29H31F3N2O4S/c1-4-6-11-25(38-12-7-5-2)20-10-8-9-19(26(20)32)24-16-39-29(33-24)34-27(35)18-14-22(30)21(23(31)15-18)13-17(3)28(36)37/h8-10,13-16,25H,4-7,11-12H2,1-3H3,(H,36,37)(H,33,34,35). The molecule has 6 nitrogen and oxygen atoms in total. The summed E-state index contributed by atoms with van der Waals surface area (Å²) < 4.78 is 50.5. The molecule has 0 saturated carbocycles. The van der Waals surface area contributed by atoms with Gasteiger partial charge in [-0.3, -0.25) is 10.1 Å². The van der Waals surface area contributed by atoms with E-state index in [1.165, 1.54) is 6.92 Å². The van der Waals surface area contributed by atoms with Crippen LogP contribution in [0.25, 0.3) is 17.3 Å². The summed E-state index contributed by atoms with van der Waals surface area (Å²) in [6, 6.07) is 6.66. The van der Waals surface area contributed by atoms with Crippen molar-refractivity contribution in [1.29, 1.82) is 0 Å². The molecule has 1 aromatic heterocycles. The number of hydrogen-bond acceptors (Lipinski definition) is 5. The van der Waals surface area contributed by atoms with E-state index in [9.17, 15) is 18.4 Å². The average Bonchev–Trinajstić information content (AvgIpc) is 3.36. The number of rotatable bonds is 13. The molecule has 208 valence electrons. The Morgan fingerprint density at radius 3 is 2.46 bits per heavy atom. The third kappa shape index (κ3) is 7.77. The Morgan fingerprint density at radius 1 is 1.13 bits per heavy atom. The van der Waals surface area contributed by atoms with E-state index in [0.29, 0.717) is 24.3 Å². The van der Waals surface area contributed by atoms with Crippen molar-refractivity contribution in [3.05, 3.63) is 75.4 Å². The summed E-state index contributed by atoms with van der Waals surface area (Å²) >= 11 is 1.04. The first-order valence-corrected chi connectivity index (χ1v) is 13.6. The first kappa shape index (κ1) is 30.0. The Labute approximate surface area is 229 Å². The molecule has 2 aromatic carbocycles. The molecule has 3 aromatic rings. The number of aromatic nitrogens is 1. The molecule has 0 spiro atoms. The molecule has 0 aliphatic heterocycles. The van der Waals surface area contributed by atoms with Gasteiger partial charge in [-0.2, -0.15) is 0 Å². The van der Waals surface area contributed by atoms with Crippen molar-refractivity contribution < 1.29 is 32.6 Å². The molecular weight excluding hydrogens is 529 g/mol. The van der Waals surface area contributed by atoms with Gasteiger partial charge in [-0.05, 0) is 44.0 Å². The monoisotopic (exact) mass is 560 g/mol. The number of carboxylic acid groups (broad SMARTS) is 1. The van der Waals surface area contributed by atoms with E-state index < -0.39 is 34.9 Å². The minimum Gasteiger partial charge on any atom is -0.478 e. The van der Waals surface area contributed by atoms with Gasteiger partial charge < -0.3 is 9.84 Å². The van der Waals surface area contributed by atoms with E-state index in [1.807, 2.05) is 0 Å². The first-order valence-electron chi connectivity index (χ1n) is 12.7. The highest BCUT2D eigenvalue weighted by Gasteiger charge is 2.21. The van der Waals surface area contributed by atoms with Crippen LogP contribution in [0.3, 0.4) is 0 Å². The van der Waals surface area contributed by atoms with Crippen molar-refractivity contribution >= 4 is 34.4 Å². The normalized spacial score (nSPS) is 12.4. The Balaban J connectivity index is 1.81. The van der Waals surface area contributed by atoms with Crippen LogP contribution in [0.4, 0.5) is 18.3 Å². The van der Waals surface area contributed by atoms with Gasteiger partial charge in [0.2, 0.25) is 0 Å². The SMILES string of the molecule is CCCCOC(CCCC)c1cccc(-c2csc(NC(=O)c3cc(F)c(C=C(C)C(=O)O)c(F)c3)n2)c1F. The zero-order valence-electron chi connectivity index (χ0n) is 22.0. The minimum absolute atomic E-state index is 0.119. The molecule has 1 unspecified atom stereocenters. The molecular formula is C29H31F3N2O4S.